The lowest BCUT2D eigenvalue weighted by Crippen LogP contribution is -2.76. The number of amides is 4. The number of likely N-dealkylation sites (N-methyl/N-ethyl adjacent to an activating group) is 1. The number of alkyl halides is 3. The van der Waals surface area contributed by atoms with Crippen molar-refractivity contribution in [3.63, 3.8) is 0 Å². The van der Waals surface area contributed by atoms with Crippen LogP contribution in [0.15, 0.2) is 72.9 Å². The topological polar surface area (TPSA) is 109 Å². The van der Waals surface area contributed by atoms with Crippen molar-refractivity contribution >= 4 is 17.8 Å². The van der Waals surface area contributed by atoms with Crippen LogP contribution in [-0.4, -0.2) is 80.1 Å². The van der Waals surface area contributed by atoms with Crippen LogP contribution in [0.4, 0.5) is 18.0 Å². The van der Waals surface area contributed by atoms with Gasteiger partial charge in [0, 0.05) is 26.2 Å². The van der Waals surface area contributed by atoms with Gasteiger partial charge < -0.3 is 20.2 Å². The highest BCUT2D eigenvalue weighted by molar-refractivity contribution is 5.91. The molecule has 4 amide bonds. The molecule has 0 saturated carbocycles. The molecule has 2 aromatic carbocycles. The van der Waals surface area contributed by atoms with E-state index in [1.54, 1.807) is 36.5 Å². The number of aromatic hydroxyl groups is 1. The third kappa shape index (κ3) is 6.00. The van der Waals surface area contributed by atoms with Gasteiger partial charge in [-0.1, -0.05) is 36.4 Å². The minimum atomic E-state index is -4.59. The van der Waals surface area contributed by atoms with Crippen molar-refractivity contribution in [3.8, 4) is 5.75 Å². The average Bonchev–Trinajstić information content (AvgIpc) is 2.95. The lowest BCUT2D eigenvalue weighted by atomic mass is 9.98. The quantitative estimate of drug-likeness (QED) is 0.463. The minimum absolute atomic E-state index is 0.0376. The third-order valence-corrected chi connectivity index (χ3v) is 7.34. The molecule has 2 atom stereocenters. The van der Waals surface area contributed by atoms with Crippen LogP contribution in [0.1, 0.15) is 22.4 Å². The van der Waals surface area contributed by atoms with Gasteiger partial charge in [0.05, 0.1) is 30.9 Å². The van der Waals surface area contributed by atoms with Gasteiger partial charge in [0.2, 0.25) is 11.8 Å². The summed E-state index contributed by atoms with van der Waals surface area (Å²) in [5, 5.41) is 15.0. The monoisotopic (exact) mass is 582 g/mol. The molecule has 0 bridgehead atoms. The summed E-state index contributed by atoms with van der Waals surface area (Å²) in [4.78, 5) is 48.0. The van der Waals surface area contributed by atoms with Crippen LogP contribution in [0.3, 0.4) is 0 Å². The van der Waals surface area contributed by atoms with Crippen molar-refractivity contribution in [2.45, 2.75) is 37.9 Å². The second-order valence-electron chi connectivity index (χ2n) is 10.2. The lowest BCUT2D eigenvalue weighted by molar-refractivity contribution is -0.187. The van der Waals surface area contributed by atoms with Gasteiger partial charge in [-0.25, -0.2) is 14.8 Å². The van der Waals surface area contributed by atoms with Crippen LogP contribution < -0.4 is 5.32 Å². The van der Waals surface area contributed by atoms with E-state index >= 15 is 0 Å². The summed E-state index contributed by atoms with van der Waals surface area (Å²) in [6, 6.07) is 14.8. The number of fused-ring (bicyclic) bond motifs is 1. The number of rotatable bonds is 6. The maximum Gasteiger partial charge on any atom is 0.416 e. The average molecular weight is 583 g/mol. The number of hydrogen-bond donors (Lipinski definition) is 2. The number of urea groups is 1. The van der Waals surface area contributed by atoms with E-state index in [-0.39, 0.29) is 49.2 Å². The largest absolute Gasteiger partial charge is 0.508 e. The third-order valence-electron chi connectivity index (χ3n) is 7.34. The zero-order valence-corrected chi connectivity index (χ0v) is 22.7. The minimum Gasteiger partial charge on any atom is -0.508 e. The highest BCUT2D eigenvalue weighted by Gasteiger charge is 2.50. The van der Waals surface area contributed by atoms with Gasteiger partial charge in [-0.15, -0.1) is 0 Å². The summed E-state index contributed by atoms with van der Waals surface area (Å²) in [6.45, 7) is -0.526. The fourth-order valence-electron chi connectivity index (χ4n) is 5.39. The molecule has 0 aliphatic carbocycles. The van der Waals surface area contributed by atoms with E-state index in [0.717, 1.165) is 6.07 Å². The molecule has 2 aliphatic heterocycles. The van der Waals surface area contributed by atoms with Gasteiger partial charge in [0.25, 0.3) is 0 Å². The Morgan fingerprint density at radius 3 is 2.45 bits per heavy atom. The first-order chi connectivity index (χ1) is 20.0. The van der Waals surface area contributed by atoms with E-state index in [1.807, 2.05) is 0 Å². The number of nitrogens with one attached hydrogen (secondary N) is 1. The van der Waals surface area contributed by atoms with Crippen LogP contribution >= 0.6 is 0 Å². The van der Waals surface area contributed by atoms with Crippen molar-refractivity contribution in [2.75, 3.05) is 20.1 Å². The molecule has 5 rings (SSSR count). The molecule has 2 fully saturated rings. The Morgan fingerprint density at radius 2 is 1.76 bits per heavy atom. The zero-order chi connectivity index (χ0) is 30.0. The highest BCUT2D eigenvalue weighted by atomic mass is 19.4. The number of nitrogens with zero attached hydrogens (tertiary/aromatic N) is 5. The maximum atomic E-state index is 13.8. The first-order valence-electron chi connectivity index (χ1n) is 13.2. The van der Waals surface area contributed by atoms with E-state index in [4.69, 9.17) is 0 Å². The molecule has 1 unspecified atom stereocenters. The van der Waals surface area contributed by atoms with Crippen molar-refractivity contribution in [1.82, 2.24) is 30.1 Å². The number of carbonyl (C=O) groups excluding carboxylic acids is 3. The summed E-state index contributed by atoms with van der Waals surface area (Å²) in [5.41, 5.74) is 0.341. The molecule has 2 saturated heterocycles. The van der Waals surface area contributed by atoms with Crippen LogP contribution in [0.25, 0.3) is 0 Å². The molecule has 0 radical (unpaired) electrons. The van der Waals surface area contributed by atoms with Crippen molar-refractivity contribution < 1.29 is 32.7 Å². The molecule has 10 nitrogen and oxygen atoms in total. The van der Waals surface area contributed by atoms with Gasteiger partial charge in [-0.3, -0.25) is 14.6 Å². The van der Waals surface area contributed by atoms with Crippen LogP contribution in [0.2, 0.25) is 0 Å². The second kappa shape index (κ2) is 11.7. The number of hydrazine groups is 1. The molecule has 2 aliphatic rings. The Bertz CT molecular complexity index is 1450. The van der Waals surface area contributed by atoms with E-state index in [0.29, 0.717) is 11.3 Å². The Labute approximate surface area is 239 Å². The zero-order valence-electron chi connectivity index (χ0n) is 22.7. The predicted octanol–water partition coefficient (Wildman–Crippen LogP) is 2.99. The lowest BCUT2D eigenvalue weighted by Gasteiger charge is -2.54. The molecule has 1 aromatic heterocycles. The molecular formula is C29H29F3N6O4. The van der Waals surface area contributed by atoms with Gasteiger partial charge in [0.1, 0.15) is 18.0 Å². The normalized spacial score (nSPS) is 19.6. The smallest absolute Gasteiger partial charge is 0.416 e. The van der Waals surface area contributed by atoms with Gasteiger partial charge in [0.15, 0.2) is 0 Å². The summed E-state index contributed by atoms with van der Waals surface area (Å²) in [6.07, 6.45) is -3.81. The number of pyridine rings is 1. The van der Waals surface area contributed by atoms with E-state index < -0.39 is 36.5 Å². The molecule has 3 aromatic rings. The number of halogens is 3. The van der Waals surface area contributed by atoms with Crippen LogP contribution in [0.5, 0.6) is 5.75 Å². The summed E-state index contributed by atoms with van der Waals surface area (Å²) < 4.78 is 40.6. The Kier molecular flexibility index (Phi) is 8.03. The number of aromatic nitrogens is 1. The first-order valence-corrected chi connectivity index (χ1v) is 13.2. The van der Waals surface area contributed by atoms with Crippen LogP contribution in [0, 0.1) is 0 Å². The molecule has 2 N–H and O–H groups in total. The van der Waals surface area contributed by atoms with Crippen molar-refractivity contribution in [1.29, 1.82) is 0 Å². The number of carbonyl (C=O) groups is 3. The molecule has 3 heterocycles. The molecule has 220 valence electrons. The van der Waals surface area contributed by atoms with Crippen LogP contribution in [-0.2, 0) is 35.3 Å². The molecular weight excluding hydrogens is 553 g/mol. The Morgan fingerprint density at radius 1 is 1.05 bits per heavy atom. The Hall–Kier alpha value is -4.65. The van der Waals surface area contributed by atoms with E-state index in [1.165, 1.54) is 57.2 Å². The number of phenols is 1. The number of piperazine rings is 1. The molecule has 0 spiro atoms. The fourth-order valence-corrected chi connectivity index (χ4v) is 5.39. The molecule has 42 heavy (non-hydrogen) atoms. The van der Waals surface area contributed by atoms with E-state index in [2.05, 4.69) is 10.3 Å². The molecule has 13 heteroatoms. The number of phenolic OH excluding ortho intramolecular Hbond substituents is 1. The number of hydrogen-bond acceptors (Lipinski definition) is 6. The SMILES string of the molecule is CN1CC(=O)N2C(CN(Cc3ccccn3)C(=O)[C@@H]2Cc2ccc(O)cc2)N1C(=O)NCc1ccccc1C(F)(F)F. The van der Waals surface area contributed by atoms with Crippen molar-refractivity contribution in [2.24, 2.45) is 0 Å². The van der Waals surface area contributed by atoms with E-state index in [9.17, 15) is 32.7 Å². The van der Waals surface area contributed by atoms with Crippen molar-refractivity contribution in [3.05, 3.63) is 95.3 Å². The first kappa shape index (κ1) is 28.9. The summed E-state index contributed by atoms with van der Waals surface area (Å²) in [5.74, 6) is -0.653. The standard InChI is InChI=1S/C29H29F3N6O4/c1-35-18-26(40)37-24(14-19-9-11-22(39)12-10-19)27(41)36(16-21-7-4-5-13-33-21)17-25(37)38(35)28(42)34-15-20-6-2-3-8-23(20)29(30,31)32/h2-13,24-25,39H,14-18H2,1H3,(H,34,42)/t24-,25?/m0/s1. The van der Waals surface area contributed by atoms with Gasteiger partial charge in [-0.05, 0) is 41.5 Å². The fraction of sp³-hybridized carbons (Fsp3) is 0.310. The maximum absolute atomic E-state index is 13.8. The predicted molar refractivity (Wildman–Crippen MR) is 144 cm³/mol. The van der Waals surface area contributed by atoms with Gasteiger partial charge >= 0.3 is 12.2 Å². The summed E-state index contributed by atoms with van der Waals surface area (Å²) in [7, 11) is 1.53. The summed E-state index contributed by atoms with van der Waals surface area (Å²) >= 11 is 0. The Balaban J connectivity index is 1.45. The second-order valence-corrected chi connectivity index (χ2v) is 10.2. The van der Waals surface area contributed by atoms with Gasteiger partial charge in [-0.2, -0.15) is 13.2 Å². The number of benzene rings is 2. The highest BCUT2D eigenvalue weighted by Crippen LogP contribution is 2.32.